The Labute approximate surface area is 184 Å². The van der Waals surface area contributed by atoms with Crippen LogP contribution in [0.15, 0.2) is 42.5 Å². The Morgan fingerprint density at radius 1 is 1.10 bits per heavy atom. The van der Waals surface area contributed by atoms with Crippen molar-refractivity contribution in [2.45, 2.75) is 47.0 Å². The molecule has 0 bridgehead atoms. The van der Waals surface area contributed by atoms with Crippen molar-refractivity contribution in [1.82, 2.24) is 0 Å². The average Bonchev–Trinajstić information content (AvgIpc) is 2.72. The quantitative estimate of drug-likeness (QED) is 0.653. The van der Waals surface area contributed by atoms with Gasteiger partial charge in [0.15, 0.2) is 5.79 Å². The molecule has 6 heteroatoms. The predicted molar refractivity (Wildman–Crippen MR) is 121 cm³/mol. The molecule has 31 heavy (non-hydrogen) atoms. The van der Waals surface area contributed by atoms with Crippen LogP contribution in [0, 0.1) is 10.8 Å². The van der Waals surface area contributed by atoms with E-state index in [1.54, 1.807) is 12.1 Å². The van der Waals surface area contributed by atoms with Crippen LogP contribution >= 0.6 is 0 Å². The van der Waals surface area contributed by atoms with Gasteiger partial charge in [0.2, 0.25) is 0 Å². The van der Waals surface area contributed by atoms with Crippen LogP contribution in [0.2, 0.25) is 0 Å². The number of benzene rings is 2. The Morgan fingerprint density at radius 3 is 2.23 bits per heavy atom. The topological polar surface area (TPSA) is 77.0 Å². The first-order chi connectivity index (χ1) is 14.5. The number of rotatable bonds is 6. The largest absolute Gasteiger partial charge is 0.495 e. The number of ether oxygens (including phenoxy) is 3. The molecule has 2 N–H and O–H groups in total. The van der Waals surface area contributed by atoms with Gasteiger partial charge < -0.3 is 24.6 Å². The van der Waals surface area contributed by atoms with Crippen LogP contribution in [0.25, 0.3) is 0 Å². The lowest BCUT2D eigenvalue weighted by Crippen LogP contribution is -2.52. The van der Waals surface area contributed by atoms with Crippen molar-refractivity contribution < 1.29 is 24.1 Å². The number of carboxylic acid groups (broad SMARTS) is 1. The van der Waals surface area contributed by atoms with E-state index in [-0.39, 0.29) is 16.4 Å². The van der Waals surface area contributed by atoms with E-state index in [0.717, 1.165) is 16.8 Å². The molecule has 0 amide bonds. The molecule has 1 aliphatic rings. The number of carbonyl (C=O) groups is 1. The molecular weight excluding hydrogens is 394 g/mol. The molecule has 0 radical (unpaired) electrons. The summed E-state index contributed by atoms with van der Waals surface area (Å²) in [6.07, 6.45) is 0. The minimum atomic E-state index is -0.983. The number of hydrogen-bond donors (Lipinski definition) is 2. The van der Waals surface area contributed by atoms with E-state index in [2.05, 4.69) is 64.2 Å². The standard InChI is InChI=1S/C25H33NO5/c1-23(2,3)25(30-15-24(4,5)16-31-25)19-10-7-17(8-11-19)14-26-20-12-9-18(22(27)28)13-21(20)29-6/h7-13,26H,14-16H2,1-6H3,(H,27,28). The van der Waals surface area contributed by atoms with Gasteiger partial charge in [-0.2, -0.15) is 0 Å². The zero-order valence-electron chi connectivity index (χ0n) is 19.2. The van der Waals surface area contributed by atoms with Gasteiger partial charge in [-0.05, 0) is 23.8 Å². The summed E-state index contributed by atoms with van der Waals surface area (Å²) < 4.78 is 18.0. The first-order valence-electron chi connectivity index (χ1n) is 10.5. The highest BCUT2D eigenvalue weighted by Gasteiger charge is 2.50. The van der Waals surface area contributed by atoms with Gasteiger partial charge in [0.1, 0.15) is 5.75 Å². The molecule has 1 aliphatic heterocycles. The van der Waals surface area contributed by atoms with E-state index in [1.807, 2.05) is 0 Å². The zero-order valence-corrected chi connectivity index (χ0v) is 19.2. The molecule has 1 fully saturated rings. The molecule has 0 aliphatic carbocycles. The van der Waals surface area contributed by atoms with Crippen LogP contribution in [0.1, 0.15) is 56.1 Å². The molecule has 1 saturated heterocycles. The second kappa shape index (κ2) is 8.52. The summed E-state index contributed by atoms with van der Waals surface area (Å²) in [7, 11) is 1.53. The first-order valence-corrected chi connectivity index (χ1v) is 10.5. The van der Waals surface area contributed by atoms with Gasteiger partial charge in [0.25, 0.3) is 0 Å². The van der Waals surface area contributed by atoms with Crippen molar-refractivity contribution in [3.8, 4) is 5.75 Å². The molecule has 1 heterocycles. The summed E-state index contributed by atoms with van der Waals surface area (Å²) in [5.41, 5.74) is 2.77. The first kappa shape index (κ1) is 23.1. The third kappa shape index (κ3) is 4.86. The van der Waals surface area contributed by atoms with Gasteiger partial charge in [0, 0.05) is 22.9 Å². The van der Waals surface area contributed by atoms with Crippen LogP contribution in [0.5, 0.6) is 5.75 Å². The van der Waals surface area contributed by atoms with Gasteiger partial charge in [-0.25, -0.2) is 4.79 Å². The third-order valence-corrected chi connectivity index (χ3v) is 5.59. The summed E-state index contributed by atoms with van der Waals surface area (Å²) in [4.78, 5) is 11.2. The molecule has 0 unspecified atom stereocenters. The number of anilines is 1. The molecule has 0 atom stereocenters. The van der Waals surface area contributed by atoms with Crippen molar-refractivity contribution in [3.05, 3.63) is 59.2 Å². The SMILES string of the molecule is COc1cc(C(=O)O)ccc1NCc1ccc(C2(C(C)(C)C)OCC(C)(C)CO2)cc1. The maximum absolute atomic E-state index is 11.2. The highest BCUT2D eigenvalue weighted by atomic mass is 16.7. The molecule has 0 spiro atoms. The minimum absolute atomic E-state index is 0.00610. The Bertz CT molecular complexity index is 918. The van der Waals surface area contributed by atoms with Crippen molar-refractivity contribution >= 4 is 11.7 Å². The second-order valence-electron chi connectivity index (χ2n) is 9.88. The van der Waals surface area contributed by atoms with E-state index in [9.17, 15) is 4.79 Å². The Hall–Kier alpha value is -2.57. The van der Waals surface area contributed by atoms with Gasteiger partial charge in [-0.1, -0.05) is 58.9 Å². The van der Waals surface area contributed by atoms with E-state index < -0.39 is 11.8 Å². The molecule has 3 rings (SSSR count). The fourth-order valence-corrected chi connectivity index (χ4v) is 3.72. The minimum Gasteiger partial charge on any atom is -0.495 e. The summed E-state index contributed by atoms with van der Waals surface area (Å²) in [6.45, 7) is 12.5. The maximum Gasteiger partial charge on any atom is 0.335 e. The van der Waals surface area contributed by atoms with E-state index in [0.29, 0.717) is 25.5 Å². The van der Waals surface area contributed by atoms with Gasteiger partial charge >= 0.3 is 5.97 Å². The molecule has 6 nitrogen and oxygen atoms in total. The summed E-state index contributed by atoms with van der Waals surface area (Å²) >= 11 is 0. The van der Waals surface area contributed by atoms with Gasteiger partial charge in [0.05, 0.1) is 31.6 Å². The molecule has 2 aromatic rings. The molecule has 2 aromatic carbocycles. The maximum atomic E-state index is 11.2. The highest BCUT2D eigenvalue weighted by Crippen LogP contribution is 2.48. The number of nitrogens with one attached hydrogen (secondary N) is 1. The molecular formula is C25H33NO5. The number of aromatic carboxylic acids is 1. The van der Waals surface area contributed by atoms with Crippen LogP contribution in [0.3, 0.4) is 0 Å². The van der Waals surface area contributed by atoms with Crippen LogP contribution in [0.4, 0.5) is 5.69 Å². The summed E-state index contributed by atoms with van der Waals surface area (Å²) in [5.74, 6) is -1.27. The van der Waals surface area contributed by atoms with Crippen molar-refractivity contribution in [2.75, 3.05) is 25.6 Å². The number of carboxylic acids is 1. The average molecular weight is 428 g/mol. The number of hydrogen-bond acceptors (Lipinski definition) is 5. The number of methoxy groups -OCH3 is 1. The Morgan fingerprint density at radius 2 is 1.71 bits per heavy atom. The predicted octanol–water partition coefficient (Wildman–Crippen LogP) is 5.28. The van der Waals surface area contributed by atoms with Crippen LogP contribution < -0.4 is 10.1 Å². The summed E-state index contributed by atoms with van der Waals surface area (Å²) in [6, 6.07) is 13.0. The van der Waals surface area contributed by atoms with E-state index in [4.69, 9.17) is 19.3 Å². The van der Waals surface area contributed by atoms with Crippen LogP contribution in [-0.2, 0) is 21.8 Å². The van der Waals surface area contributed by atoms with Gasteiger partial charge in [-0.3, -0.25) is 0 Å². The fourth-order valence-electron chi connectivity index (χ4n) is 3.72. The van der Waals surface area contributed by atoms with Crippen molar-refractivity contribution in [3.63, 3.8) is 0 Å². The lowest BCUT2D eigenvalue weighted by atomic mass is 9.79. The monoisotopic (exact) mass is 427 g/mol. The summed E-state index contributed by atoms with van der Waals surface area (Å²) in [5, 5.41) is 12.5. The normalized spacial score (nSPS) is 17.7. The van der Waals surface area contributed by atoms with Crippen molar-refractivity contribution in [2.24, 2.45) is 10.8 Å². The van der Waals surface area contributed by atoms with E-state index >= 15 is 0 Å². The highest BCUT2D eigenvalue weighted by molar-refractivity contribution is 5.89. The van der Waals surface area contributed by atoms with E-state index in [1.165, 1.54) is 13.2 Å². The second-order valence-corrected chi connectivity index (χ2v) is 9.88. The lowest BCUT2D eigenvalue weighted by Gasteiger charge is -2.50. The lowest BCUT2D eigenvalue weighted by molar-refractivity contribution is -0.350. The smallest absolute Gasteiger partial charge is 0.335 e. The third-order valence-electron chi connectivity index (χ3n) is 5.59. The molecule has 0 saturated carbocycles. The Balaban J connectivity index is 1.76. The molecule has 168 valence electrons. The zero-order chi connectivity index (χ0) is 22.9. The van der Waals surface area contributed by atoms with Crippen molar-refractivity contribution in [1.29, 1.82) is 0 Å². The fraction of sp³-hybridized carbons (Fsp3) is 0.480. The van der Waals surface area contributed by atoms with Crippen LogP contribution in [-0.4, -0.2) is 31.4 Å². The molecule has 0 aromatic heterocycles. The Kier molecular flexibility index (Phi) is 6.35. The van der Waals surface area contributed by atoms with Gasteiger partial charge in [-0.15, -0.1) is 0 Å².